The normalized spacial score (nSPS) is 12.1. The van der Waals surface area contributed by atoms with Gasteiger partial charge in [-0.1, -0.05) is 104 Å². The summed E-state index contributed by atoms with van der Waals surface area (Å²) >= 11 is 3.21. The third-order valence-corrected chi connectivity index (χ3v) is 18.0. The number of rotatable bonds is 23. The molecule has 18 nitrogen and oxygen atoms in total. The van der Waals surface area contributed by atoms with E-state index in [-0.39, 0.29) is 137 Å². The van der Waals surface area contributed by atoms with E-state index in [2.05, 4.69) is 15.9 Å². The second kappa shape index (κ2) is 42.1. The summed E-state index contributed by atoms with van der Waals surface area (Å²) in [4.78, 5) is 34.9. The Morgan fingerprint density at radius 3 is 1.19 bits per heavy atom. The van der Waals surface area contributed by atoms with E-state index in [1.54, 1.807) is 93.3 Å². The van der Waals surface area contributed by atoms with Crippen molar-refractivity contribution >= 4 is 91.7 Å². The number of carbonyl (C=O) groups excluding carboxylic acids is 2. The number of esters is 2. The Bertz CT molecular complexity index is 4980. The summed E-state index contributed by atoms with van der Waals surface area (Å²) in [5, 5.41) is 11.9. The number of para-hydroxylation sites is 3. The number of carbonyl (C=O) groups is 3. The monoisotopic (exact) mass is 1590 g/mol. The molecule has 0 spiro atoms. The van der Waals surface area contributed by atoms with Crippen molar-refractivity contribution in [1.82, 2.24) is 0 Å². The number of halogens is 5. The van der Waals surface area contributed by atoms with Gasteiger partial charge < -0.3 is 74.0 Å². The van der Waals surface area contributed by atoms with Crippen LogP contribution in [0.4, 0.5) is 13.2 Å². The molecule has 4 heterocycles. The topological polar surface area (TPSA) is 284 Å². The van der Waals surface area contributed by atoms with E-state index in [4.69, 9.17) is 68.6 Å². The first-order chi connectivity index (χ1) is 50.1. The van der Waals surface area contributed by atoms with Crippen LogP contribution >= 0.6 is 28.3 Å². The fourth-order valence-corrected chi connectivity index (χ4v) is 11.9. The number of nitrogens with two attached hydrogens (primary N) is 3. The number of carboxylic acid groups (broad SMARTS) is 1. The van der Waals surface area contributed by atoms with Crippen molar-refractivity contribution in [2.24, 2.45) is 17.2 Å². The van der Waals surface area contributed by atoms with Crippen LogP contribution in [0.1, 0.15) is 106 Å². The van der Waals surface area contributed by atoms with Gasteiger partial charge in [0.1, 0.15) is 71.3 Å². The number of furan rings is 3. The van der Waals surface area contributed by atoms with Crippen LogP contribution in [0, 0.1) is 17.5 Å². The second-order valence-corrected chi connectivity index (χ2v) is 26.2. The molecule has 12 aromatic rings. The van der Waals surface area contributed by atoms with Crippen molar-refractivity contribution < 1.29 is 114 Å². The molecule has 1 saturated heterocycles. The molecule has 0 bridgehead atoms. The van der Waals surface area contributed by atoms with E-state index < -0.39 is 24.3 Å². The molecule has 0 aliphatic carbocycles. The van der Waals surface area contributed by atoms with Crippen molar-refractivity contribution in [1.29, 1.82) is 0 Å². The van der Waals surface area contributed by atoms with Gasteiger partial charge in [0.2, 0.25) is 0 Å². The molecule has 0 atom stereocenters. The van der Waals surface area contributed by atoms with Crippen LogP contribution in [0.25, 0.3) is 55.2 Å². The molecule has 9 aromatic carbocycles. The molecule has 0 saturated carbocycles. The summed E-state index contributed by atoms with van der Waals surface area (Å²) < 4.78 is 99.2. The van der Waals surface area contributed by atoms with Crippen molar-refractivity contribution in [3.8, 4) is 39.5 Å². The SMILES string of the molecule is C.C.CCOC(=O)Cc1ccccc1OCc1cc(-c2ccc(F)c(CN)c2)c2occc2c1.CCOC(=O)Cc1ccccc1OCc1cc(B2OC(C)(C)C(C)(C)O2)c2occc2c1.Cl.NCc1cc(-c2cc(COc3ccccc3CC(=O)O)cc3ccoc23)ccc1F.NCc1cc(Br)ccc1F.[Na+].[OH-]. The van der Waals surface area contributed by atoms with Gasteiger partial charge in [-0.05, 0) is 179 Å². The molecule has 1 aliphatic rings. The average Bonchev–Trinajstić information content (AvgIpc) is 1.60. The zero-order valence-electron chi connectivity index (χ0n) is 60.3. The smallest absolute Gasteiger partial charge is 0.870 e. The number of aliphatic carboxylic acids is 1. The van der Waals surface area contributed by atoms with Gasteiger partial charge >= 0.3 is 54.6 Å². The van der Waals surface area contributed by atoms with Crippen molar-refractivity contribution in [3.05, 3.63) is 273 Å². The zero-order valence-corrected chi connectivity index (χ0v) is 64.7. The molecule has 8 N–H and O–H groups in total. The maximum atomic E-state index is 13.9. The number of hydrogen-bond acceptors (Lipinski definition) is 17. The Labute approximate surface area is 669 Å². The van der Waals surface area contributed by atoms with Gasteiger partial charge in [-0.3, -0.25) is 14.4 Å². The molecule has 0 amide bonds. The van der Waals surface area contributed by atoms with E-state index in [9.17, 15) is 27.6 Å². The number of fused-ring (bicyclic) bond motifs is 3. The predicted octanol–water partition coefficient (Wildman–Crippen LogP) is 15.3. The summed E-state index contributed by atoms with van der Waals surface area (Å²) in [6, 6.07) is 53.9. The minimum Gasteiger partial charge on any atom is -0.870 e. The van der Waals surface area contributed by atoms with Crippen molar-refractivity contribution in [2.75, 3.05) is 13.2 Å². The quantitative estimate of drug-likeness (QED) is 0.0342. The van der Waals surface area contributed by atoms with Crippen LogP contribution in [0.5, 0.6) is 17.2 Å². The maximum absolute atomic E-state index is 13.9. The fourth-order valence-electron chi connectivity index (χ4n) is 11.5. The largest absolute Gasteiger partial charge is 1.00 e. The summed E-state index contributed by atoms with van der Waals surface area (Å²) in [7, 11) is -0.537. The molecule has 1 fully saturated rings. The first-order valence-electron chi connectivity index (χ1n) is 33.7. The van der Waals surface area contributed by atoms with Crippen molar-refractivity contribution in [2.45, 2.75) is 126 Å². The molecule has 109 heavy (non-hydrogen) atoms. The first kappa shape index (κ1) is 90.4. The molecular formula is C84H90BBrClF3N3NaO15. The summed E-state index contributed by atoms with van der Waals surface area (Å²) in [5.74, 6) is -0.585. The molecule has 0 radical (unpaired) electrons. The molecule has 570 valence electrons. The van der Waals surface area contributed by atoms with Gasteiger partial charge in [0.05, 0.1) is 62.5 Å². The van der Waals surface area contributed by atoms with Gasteiger partial charge in [0.15, 0.2) is 0 Å². The molecule has 13 rings (SSSR count). The Hall–Kier alpha value is -9.21. The van der Waals surface area contributed by atoms with Gasteiger partial charge in [-0.2, -0.15) is 0 Å². The van der Waals surface area contributed by atoms with Crippen LogP contribution in [0.15, 0.2) is 219 Å². The predicted molar refractivity (Wildman–Crippen MR) is 420 cm³/mol. The summed E-state index contributed by atoms with van der Waals surface area (Å²) in [5.41, 5.74) is 28.3. The molecule has 0 unspecified atom stereocenters. The van der Waals surface area contributed by atoms with Crippen molar-refractivity contribution in [3.63, 3.8) is 0 Å². The molecule has 1 aliphatic heterocycles. The Kier molecular flexibility index (Phi) is 34.9. The third kappa shape index (κ3) is 23.4. The second-order valence-electron chi connectivity index (χ2n) is 25.3. The summed E-state index contributed by atoms with van der Waals surface area (Å²) in [6.45, 7) is 13.7. The van der Waals surface area contributed by atoms with Crippen LogP contribution < -0.4 is 66.4 Å². The standard InChI is InChI=1S/C26H24FNO4.C25H29BO6.C24H20FNO4.C7H7BrFN.2CH4.ClH.Na.H2O/c1-2-30-25(29)14-19-5-3-4-6-24(19)32-16-17-11-20-9-10-31-26(20)22(12-17)18-7-8-23(27)21(13-18)15-28;1-6-28-22(27)15-18-9-7-8-10-21(18)30-16-17-13-19-11-12-29-23(19)20(14-17)26-31-24(2,3)25(4,5)32-26;25-21-6-5-16(11-19(21)13-26)20-10-15(9-18-7-8-29-24(18)20)14-30-22-4-2-1-3-17(22)12-23(27)28;8-6-1-2-7(9)5(3-6)4-10;;;;;/h3-13H,2,14-16,28H2,1H3;7-14H,6,15-16H2,1-5H3;1-11H,12-14,26H2,(H,27,28);1-3H,4,10H2;2*1H4;1H;;1H2/q;;;;;;;+1;/p-1. The Balaban J connectivity index is 0.000000269. The molecule has 3 aromatic heterocycles. The van der Waals surface area contributed by atoms with Gasteiger partial charge in [0, 0.05) is 90.2 Å². The number of carboxylic acids is 1. The van der Waals surface area contributed by atoms with Gasteiger partial charge in [0.25, 0.3) is 0 Å². The number of ether oxygens (including phenoxy) is 5. The van der Waals surface area contributed by atoms with E-state index in [0.717, 1.165) is 81.7 Å². The first-order valence-corrected chi connectivity index (χ1v) is 34.5. The summed E-state index contributed by atoms with van der Waals surface area (Å²) in [6.07, 6.45) is 5.10. The zero-order chi connectivity index (χ0) is 74.1. The van der Waals surface area contributed by atoms with Crippen LogP contribution in [-0.4, -0.2) is 60.0 Å². The molecular weight excluding hydrogens is 1500 g/mol. The average molecular weight is 1590 g/mol. The van der Waals surface area contributed by atoms with Crippen LogP contribution in [0.2, 0.25) is 0 Å². The number of hydrogen-bond donors (Lipinski definition) is 4. The van der Waals surface area contributed by atoms with Crippen LogP contribution in [-0.2, 0) is 91.9 Å². The minimum atomic E-state index is -0.917. The maximum Gasteiger partial charge on any atom is 1.00 e. The van der Waals surface area contributed by atoms with Gasteiger partial charge in [-0.15, -0.1) is 12.4 Å². The Morgan fingerprint density at radius 2 is 0.817 bits per heavy atom. The minimum absolute atomic E-state index is 0. The molecule has 25 heteroatoms. The number of benzene rings is 9. The Morgan fingerprint density at radius 1 is 0.468 bits per heavy atom. The van der Waals surface area contributed by atoms with Gasteiger partial charge in [-0.25, -0.2) is 13.2 Å². The van der Waals surface area contributed by atoms with E-state index in [1.807, 2.05) is 131 Å². The fraction of sp³-hybridized carbons (Fsp3) is 0.250. The van der Waals surface area contributed by atoms with E-state index >= 15 is 0 Å². The van der Waals surface area contributed by atoms with E-state index in [1.165, 1.54) is 18.2 Å². The van der Waals surface area contributed by atoms with E-state index in [0.29, 0.717) is 77.1 Å². The van der Waals surface area contributed by atoms with Crippen LogP contribution in [0.3, 0.4) is 0 Å². The third-order valence-electron chi connectivity index (χ3n) is 17.5.